The number of hydrogen-bond acceptors (Lipinski definition) is 6. The summed E-state index contributed by atoms with van der Waals surface area (Å²) in [5.74, 6) is 0.972. The number of carbonyl (C=O) groups is 2. The highest BCUT2D eigenvalue weighted by Gasteiger charge is 2.29. The first-order valence-corrected chi connectivity index (χ1v) is 10.8. The van der Waals surface area contributed by atoms with Gasteiger partial charge in [-0.1, -0.05) is 6.92 Å². The van der Waals surface area contributed by atoms with Crippen molar-refractivity contribution in [3.63, 3.8) is 0 Å². The maximum atomic E-state index is 12.8. The lowest BCUT2D eigenvalue weighted by molar-refractivity contribution is -0.117. The Bertz CT molecular complexity index is 750. The highest BCUT2D eigenvalue weighted by molar-refractivity contribution is 6.04. The van der Waals surface area contributed by atoms with Crippen molar-refractivity contribution in [2.75, 3.05) is 56.2 Å². The molecule has 1 aromatic rings. The number of rotatable bonds is 6. The van der Waals surface area contributed by atoms with E-state index >= 15 is 0 Å². The van der Waals surface area contributed by atoms with Crippen LogP contribution in [0.4, 0.5) is 11.5 Å². The lowest BCUT2D eigenvalue weighted by atomic mass is 9.99. The van der Waals surface area contributed by atoms with Crippen molar-refractivity contribution < 1.29 is 14.3 Å². The van der Waals surface area contributed by atoms with E-state index in [0.29, 0.717) is 42.1 Å². The number of pyridine rings is 1. The van der Waals surface area contributed by atoms with Crippen molar-refractivity contribution >= 4 is 23.3 Å². The molecule has 2 saturated heterocycles. The molecule has 0 radical (unpaired) electrons. The zero-order valence-corrected chi connectivity index (χ0v) is 17.2. The lowest BCUT2D eigenvalue weighted by Gasteiger charge is -2.33. The lowest BCUT2D eigenvalue weighted by Crippen LogP contribution is -2.44. The molecule has 0 saturated carbocycles. The van der Waals surface area contributed by atoms with Gasteiger partial charge in [0.15, 0.2) is 0 Å². The largest absolute Gasteiger partial charge is 0.381 e. The van der Waals surface area contributed by atoms with E-state index in [1.807, 2.05) is 0 Å². The average Bonchev–Trinajstić information content (AvgIpc) is 3.22. The number of amides is 2. The minimum Gasteiger partial charge on any atom is -0.381 e. The molecule has 0 aliphatic carbocycles. The van der Waals surface area contributed by atoms with Crippen LogP contribution in [0.5, 0.6) is 0 Å². The third-order valence-corrected chi connectivity index (χ3v) is 6.31. The molecule has 2 amide bonds. The molecule has 2 N–H and O–H groups in total. The molecule has 8 heteroatoms. The van der Waals surface area contributed by atoms with Crippen molar-refractivity contribution in [2.24, 2.45) is 5.92 Å². The summed E-state index contributed by atoms with van der Waals surface area (Å²) < 4.78 is 5.44. The molecule has 4 rings (SSSR count). The van der Waals surface area contributed by atoms with Crippen molar-refractivity contribution in [1.29, 1.82) is 0 Å². The second-order valence-electron chi connectivity index (χ2n) is 8.14. The highest BCUT2D eigenvalue weighted by atomic mass is 16.5. The van der Waals surface area contributed by atoms with Crippen LogP contribution in [0.3, 0.4) is 0 Å². The molecule has 0 unspecified atom stereocenters. The Kier molecular flexibility index (Phi) is 6.30. The topological polar surface area (TPSA) is 86.8 Å². The quantitative estimate of drug-likeness (QED) is 0.751. The Morgan fingerprint density at radius 1 is 1.34 bits per heavy atom. The van der Waals surface area contributed by atoms with E-state index in [4.69, 9.17) is 4.74 Å². The van der Waals surface area contributed by atoms with Crippen LogP contribution in [-0.2, 0) is 9.53 Å². The maximum Gasteiger partial charge on any atom is 0.252 e. The summed E-state index contributed by atoms with van der Waals surface area (Å²) in [6.07, 6.45) is 5.80. The molecule has 2 fully saturated rings. The van der Waals surface area contributed by atoms with Gasteiger partial charge in [-0.05, 0) is 50.8 Å². The normalized spacial score (nSPS) is 23.0. The number of anilines is 2. The minimum atomic E-state index is -0.132. The van der Waals surface area contributed by atoms with Crippen LogP contribution >= 0.6 is 0 Å². The second-order valence-corrected chi connectivity index (χ2v) is 8.14. The molecular weight excluding hydrogens is 370 g/mol. The van der Waals surface area contributed by atoms with Gasteiger partial charge in [-0.2, -0.15) is 0 Å². The first-order chi connectivity index (χ1) is 14.2. The molecule has 0 aromatic carbocycles. The first kappa shape index (κ1) is 20.1. The van der Waals surface area contributed by atoms with Gasteiger partial charge in [0.2, 0.25) is 5.91 Å². The molecule has 3 aliphatic rings. The summed E-state index contributed by atoms with van der Waals surface area (Å²) in [5.41, 5.74) is 1.20. The Morgan fingerprint density at radius 2 is 2.17 bits per heavy atom. The predicted octanol–water partition coefficient (Wildman–Crippen LogP) is 1.48. The van der Waals surface area contributed by atoms with Gasteiger partial charge in [-0.25, -0.2) is 4.98 Å². The van der Waals surface area contributed by atoms with Crippen molar-refractivity contribution in [2.45, 2.75) is 38.6 Å². The number of ether oxygens (including phenoxy) is 1. The zero-order valence-electron chi connectivity index (χ0n) is 17.2. The van der Waals surface area contributed by atoms with Gasteiger partial charge in [0.1, 0.15) is 5.82 Å². The van der Waals surface area contributed by atoms with Crippen LogP contribution in [0.25, 0.3) is 0 Å². The van der Waals surface area contributed by atoms with Crippen LogP contribution in [-0.4, -0.2) is 73.7 Å². The smallest absolute Gasteiger partial charge is 0.252 e. The van der Waals surface area contributed by atoms with Gasteiger partial charge in [0, 0.05) is 38.5 Å². The molecule has 1 atom stereocenters. The SMILES string of the molecule is CCN1CCC[C@H]1CNC(=O)c1cnc2c(c1)N(CC1CCOCC1)C(=O)CN2. The van der Waals surface area contributed by atoms with Crippen molar-refractivity contribution in [3.8, 4) is 0 Å². The molecule has 0 spiro atoms. The van der Waals surface area contributed by atoms with Crippen LogP contribution in [0.15, 0.2) is 12.3 Å². The van der Waals surface area contributed by atoms with E-state index in [-0.39, 0.29) is 18.4 Å². The monoisotopic (exact) mass is 401 g/mol. The molecule has 1 aromatic heterocycles. The third-order valence-electron chi connectivity index (χ3n) is 6.31. The number of nitrogens with one attached hydrogen (secondary N) is 2. The fraction of sp³-hybridized carbons (Fsp3) is 0.667. The van der Waals surface area contributed by atoms with E-state index < -0.39 is 0 Å². The number of nitrogens with zero attached hydrogens (tertiary/aromatic N) is 3. The standard InChI is InChI=1S/C21H31N5O3/c1-2-25-7-3-4-17(25)12-24-21(28)16-10-18-20(22-11-16)23-13-19(27)26(18)14-15-5-8-29-9-6-15/h10-11,15,17H,2-9,12-14H2,1H3,(H,22,23)(H,24,28)/t17-/m0/s1. The van der Waals surface area contributed by atoms with Gasteiger partial charge >= 0.3 is 0 Å². The summed E-state index contributed by atoms with van der Waals surface area (Å²) in [6, 6.07) is 2.20. The molecule has 0 bridgehead atoms. The molecule has 29 heavy (non-hydrogen) atoms. The zero-order chi connectivity index (χ0) is 20.2. The number of fused-ring (bicyclic) bond motifs is 1. The highest BCUT2D eigenvalue weighted by Crippen LogP contribution is 2.30. The van der Waals surface area contributed by atoms with E-state index in [9.17, 15) is 9.59 Å². The summed E-state index contributed by atoms with van der Waals surface area (Å²) in [7, 11) is 0. The Labute approximate surface area is 172 Å². The van der Waals surface area contributed by atoms with E-state index in [2.05, 4.69) is 27.4 Å². The number of likely N-dealkylation sites (N-methyl/N-ethyl adjacent to an activating group) is 1. The molecule has 158 valence electrons. The van der Waals surface area contributed by atoms with Crippen LogP contribution in [0.2, 0.25) is 0 Å². The Morgan fingerprint density at radius 3 is 2.97 bits per heavy atom. The van der Waals surface area contributed by atoms with Crippen LogP contribution in [0, 0.1) is 5.92 Å². The number of carbonyl (C=O) groups excluding carboxylic acids is 2. The van der Waals surface area contributed by atoms with Crippen molar-refractivity contribution in [3.05, 3.63) is 17.8 Å². The first-order valence-electron chi connectivity index (χ1n) is 10.8. The summed E-state index contributed by atoms with van der Waals surface area (Å²) >= 11 is 0. The molecule has 4 heterocycles. The van der Waals surface area contributed by atoms with Crippen LogP contribution in [0.1, 0.15) is 43.0 Å². The molecule has 3 aliphatic heterocycles. The van der Waals surface area contributed by atoms with Gasteiger partial charge in [-0.3, -0.25) is 14.5 Å². The molecule has 8 nitrogen and oxygen atoms in total. The predicted molar refractivity (Wildman–Crippen MR) is 111 cm³/mol. The maximum absolute atomic E-state index is 12.8. The summed E-state index contributed by atoms with van der Waals surface area (Å²) in [4.78, 5) is 34.0. The minimum absolute atomic E-state index is 0.0212. The summed E-state index contributed by atoms with van der Waals surface area (Å²) in [6.45, 7) is 7.29. The Balaban J connectivity index is 1.45. The van der Waals surface area contributed by atoms with Gasteiger partial charge in [-0.15, -0.1) is 0 Å². The summed E-state index contributed by atoms with van der Waals surface area (Å²) in [5, 5.41) is 6.13. The van der Waals surface area contributed by atoms with Crippen molar-refractivity contribution in [1.82, 2.24) is 15.2 Å². The third kappa shape index (κ3) is 4.53. The van der Waals surface area contributed by atoms with Gasteiger partial charge in [0.25, 0.3) is 5.91 Å². The number of hydrogen-bond donors (Lipinski definition) is 2. The van der Waals surface area contributed by atoms with Crippen LogP contribution < -0.4 is 15.5 Å². The fourth-order valence-corrected chi connectivity index (χ4v) is 4.55. The fourth-order valence-electron chi connectivity index (χ4n) is 4.55. The van der Waals surface area contributed by atoms with E-state index in [1.54, 1.807) is 17.2 Å². The van der Waals surface area contributed by atoms with Gasteiger partial charge < -0.3 is 20.3 Å². The number of aromatic nitrogens is 1. The second kappa shape index (κ2) is 9.09. The molecular formula is C21H31N5O3. The Hall–Kier alpha value is -2.19. The van der Waals surface area contributed by atoms with Gasteiger partial charge in [0.05, 0.1) is 17.8 Å². The van der Waals surface area contributed by atoms with E-state index in [1.165, 1.54) is 6.42 Å². The number of likely N-dealkylation sites (tertiary alicyclic amines) is 1. The van der Waals surface area contributed by atoms with E-state index in [0.717, 1.165) is 45.6 Å². The average molecular weight is 402 g/mol.